The number of hydrogen-bond donors (Lipinski definition) is 2. The maximum atomic E-state index is 13.1. The lowest BCUT2D eigenvalue weighted by Crippen LogP contribution is -2.37. The Labute approximate surface area is 239 Å². The van der Waals surface area contributed by atoms with Crippen LogP contribution in [0, 0.1) is 0 Å². The van der Waals surface area contributed by atoms with E-state index >= 15 is 0 Å². The maximum Gasteiger partial charge on any atom is 0.491 e. The van der Waals surface area contributed by atoms with E-state index < -0.39 is 39.6 Å². The third-order valence-corrected chi connectivity index (χ3v) is 7.58. The van der Waals surface area contributed by atoms with E-state index in [-0.39, 0.29) is 33.9 Å². The minimum absolute atomic E-state index is 0.0533. The van der Waals surface area contributed by atoms with Crippen LogP contribution in [0.1, 0.15) is 16.8 Å². The Morgan fingerprint density at radius 2 is 1.74 bits per heavy atom. The van der Waals surface area contributed by atoms with Gasteiger partial charge in [-0.3, -0.25) is 9.62 Å². The number of rotatable bonds is 10. The summed E-state index contributed by atoms with van der Waals surface area (Å²) in [6.45, 7) is 3.80. The number of sulfonamides is 1. The highest BCUT2D eigenvalue weighted by Crippen LogP contribution is 2.33. The number of nitrogens with one attached hydrogen (secondary N) is 1. The van der Waals surface area contributed by atoms with Crippen molar-refractivity contribution in [2.24, 2.45) is 0 Å². The zero-order chi connectivity index (χ0) is 30.3. The second kappa shape index (κ2) is 13.2. The first-order chi connectivity index (χ1) is 19.9. The molecule has 42 heavy (non-hydrogen) atoms. The first-order valence-corrected chi connectivity index (χ1v) is 14.2. The molecule has 1 saturated heterocycles. The number of aromatic hydroxyl groups is 1. The molecule has 0 aliphatic carbocycles. The quantitative estimate of drug-likeness (QED) is 0.197. The summed E-state index contributed by atoms with van der Waals surface area (Å²) in [6.07, 6.45) is -4.62. The summed E-state index contributed by atoms with van der Waals surface area (Å²) in [5, 5.41) is 10.4. The largest absolute Gasteiger partial charge is 0.507 e. The van der Waals surface area contributed by atoms with Crippen LogP contribution in [0.4, 0.5) is 18.9 Å². The van der Waals surface area contributed by atoms with Crippen molar-refractivity contribution >= 4 is 27.6 Å². The number of nitrogens with zero attached hydrogens (tertiary/aromatic N) is 1. The van der Waals surface area contributed by atoms with Crippen molar-refractivity contribution in [3.05, 3.63) is 72.3 Å². The van der Waals surface area contributed by atoms with E-state index in [1.807, 2.05) is 0 Å². The standard InChI is InChI=1S/C28H27F3N2O8S/c29-28(30,31)27(36)41-25-8-2-1-7-22(25)19-5-3-6-21(17-19)42(37,38)32-20-9-10-23(24(34)18-20)26(35)40-14-4-11-33-12-15-39-16-13-33/h1-3,5-10,17-18,32,34H,4,11-16H2. The van der Waals surface area contributed by atoms with Crippen LogP contribution in [-0.4, -0.2) is 76.0 Å². The number of alkyl halides is 3. The van der Waals surface area contributed by atoms with Crippen LogP contribution in [0.2, 0.25) is 0 Å². The van der Waals surface area contributed by atoms with Gasteiger partial charge < -0.3 is 19.3 Å². The Morgan fingerprint density at radius 1 is 1.00 bits per heavy atom. The molecule has 3 aromatic carbocycles. The molecule has 0 amide bonds. The van der Waals surface area contributed by atoms with Gasteiger partial charge in [0, 0.05) is 31.3 Å². The number of carbonyl (C=O) groups is 2. The molecule has 0 atom stereocenters. The van der Waals surface area contributed by atoms with Crippen molar-refractivity contribution in [2.75, 3.05) is 44.2 Å². The highest BCUT2D eigenvalue weighted by Gasteiger charge is 2.41. The Balaban J connectivity index is 1.43. The predicted octanol–water partition coefficient (Wildman–Crippen LogP) is 4.21. The second-order valence-corrected chi connectivity index (χ2v) is 10.9. The van der Waals surface area contributed by atoms with Gasteiger partial charge in [-0.2, -0.15) is 13.2 Å². The summed E-state index contributed by atoms with van der Waals surface area (Å²) in [4.78, 5) is 25.7. The average molecular weight is 609 g/mol. The Hall–Kier alpha value is -4.14. The van der Waals surface area contributed by atoms with Gasteiger partial charge in [-0.05, 0) is 42.3 Å². The summed E-state index contributed by atoms with van der Waals surface area (Å²) in [5.41, 5.74) is 0.0215. The Kier molecular flexibility index (Phi) is 9.70. The van der Waals surface area contributed by atoms with Gasteiger partial charge in [-0.25, -0.2) is 18.0 Å². The summed E-state index contributed by atoms with van der Waals surface area (Å²) in [7, 11) is -4.26. The van der Waals surface area contributed by atoms with Gasteiger partial charge in [0.05, 0.1) is 30.4 Å². The number of carbonyl (C=O) groups excluding carboxylic acids is 2. The van der Waals surface area contributed by atoms with Gasteiger partial charge in [-0.1, -0.05) is 30.3 Å². The van der Waals surface area contributed by atoms with Gasteiger partial charge in [0.25, 0.3) is 10.0 Å². The van der Waals surface area contributed by atoms with Crippen LogP contribution in [0.15, 0.2) is 71.6 Å². The van der Waals surface area contributed by atoms with Gasteiger partial charge in [-0.15, -0.1) is 0 Å². The van der Waals surface area contributed by atoms with Crippen molar-refractivity contribution in [1.29, 1.82) is 0 Å². The molecule has 0 saturated carbocycles. The number of para-hydroxylation sites is 1. The number of halogens is 3. The van der Waals surface area contributed by atoms with Crippen LogP contribution in [0.5, 0.6) is 11.5 Å². The van der Waals surface area contributed by atoms with Crippen LogP contribution >= 0.6 is 0 Å². The zero-order valence-electron chi connectivity index (χ0n) is 22.1. The number of hydrogen-bond acceptors (Lipinski definition) is 9. The molecule has 10 nitrogen and oxygen atoms in total. The fourth-order valence-corrected chi connectivity index (χ4v) is 5.21. The minimum atomic E-state index is -5.22. The molecule has 0 aromatic heterocycles. The number of phenolic OH excluding ortho intramolecular Hbond substituents is 1. The van der Waals surface area contributed by atoms with Gasteiger partial charge in [0.15, 0.2) is 0 Å². The maximum absolute atomic E-state index is 13.1. The summed E-state index contributed by atoms with van der Waals surface area (Å²) in [6, 6.07) is 14.2. The average Bonchev–Trinajstić information content (AvgIpc) is 2.95. The summed E-state index contributed by atoms with van der Waals surface area (Å²) in [5.74, 6) is -4.08. The Morgan fingerprint density at radius 3 is 2.45 bits per heavy atom. The highest BCUT2D eigenvalue weighted by molar-refractivity contribution is 7.92. The lowest BCUT2D eigenvalue weighted by molar-refractivity contribution is -0.189. The van der Waals surface area contributed by atoms with Gasteiger partial charge >= 0.3 is 18.1 Å². The molecule has 3 aromatic rings. The number of morpholine rings is 1. The molecule has 14 heteroatoms. The van der Waals surface area contributed by atoms with E-state index in [1.54, 1.807) is 0 Å². The molecular weight excluding hydrogens is 581 g/mol. The molecule has 1 heterocycles. The third kappa shape index (κ3) is 7.99. The van der Waals surface area contributed by atoms with Crippen molar-refractivity contribution < 1.29 is 50.5 Å². The normalized spacial score (nSPS) is 14.3. The molecule has 0 spiro atoms. The topological polar surface area (TPSA) is 131 Å². The molecular formula is C28H27F3N2O8S. The molecule has 1 aliphatic rings. The van der Waals surface area contributed by atoms with Crippen molar-refractivity contribution in [1.82, 2.24) is 4.90 Å². The highest BCUT2D eigenvalue weighted by atomic mass is 32.2. The minimum Gasteiger partial charge on any atom is -0.507 e. The zero-order valence-corrected chi connectivity index (χ0v) is 22.9. The van der Waals surface area contributed by atoms with Crippen LogP contribution in [0.3, 0.4) is 0 Å². The first kappa shape index (κ1) is 30.8. The molecule has 0 bridgehead atoms. The van der Waals surface area contributed by atoms with Crippen LogP contribution in [-0.2, 0) is 24.3 Å². The smallest absolute Gasteiger partial charge is 0.491 e. The van der Waals surface area contributed by atoms with Gasteiger partial charge in [0.1, 0.15) is 17.1 Å². The number of anilines is 1. The number of ether oxygens (including phenoxy) is 3. The second-order valence-electron chi connectivity index (χ2n) is 9.19. The molecule has 0 radical (unpaired) electrons. The molecule has 2 N–H and O–H groups in total. The fourth-order valence-electron chi connectivity index (χ4n) is 4.12. The van der Waals surface area contributed by atoms with E-state index in [0.29, 0.717) is 19.6 Å². The molecule has 1 fully saturated rings. The first-order valence-electron chi connectivity index (χ1n) is 12.8. The third-order valence-electron chi connectivity index (χ3n) is 6.20. The van der Waals surface area contributed by atoms with Crippen LogP contribution in [0.25, 0.3) is 11.1 Å². The Bertz CT molecular complexity index is 1540. The fraction of sp³-hybridized carbons (Fsp3) is 0.286. The number of benzene rings is 3. The lowest BCUT2D eigenvalue weighted by Gasteiger charge is -2.26. The SMILES string of the molecule is O=C(OCCCN1CCOCC1)c1ccc(NS(=O)(=O)c2cccc(-c3ccccc3OC(=O)C(F)(F)F)c2)cc1O. The number of phenols is 1. The molecule has 224 valence electrons. The molecule has 4 rings (SSSR count). The van der Waals surface area contributed by atoms with E-state index in [4.69, 9.17) is 9.47 Å². The van der Waals surface area contributed by atoms with Crippen molar-refractivity contribution in [2.45, 2.75) is 17.5 Å². The number of esters is 2. The van der Waals surface area contributed by atoms with E-state index in [1.165, 1.54) is 54.6 Å². The monoisotopic (exact) mass is 608 g/mol. The van der Waals surface area contributed by atoms with E-state index in [2.05, 4.69) is 14.4 Å². The van der Waals surface area contributed by atoms with Crippen LogP contribution < -0.4 is 9.46 Å². The van der Waals surface area contributed by atoms with Gasteiger partial charge in [0.2, 0.25) is 0 Å². The van der Waals surface area contributed by atoms with E-state index in [9.17, 15) is 36.3 Å². The lowest BCUT2D eigenvalue weighted by atomic mass is 10.0. The molecule has 0 unspecified atom stereocenters. The van der Waals surface area contributed by atoms with Crippen molar-refractivity contribution in [3.8, 4) is 22.6 Å². The predicted molar refractivity (Wildman–Crippen MR) is 145 cm³/mol. The summed E-state index contributed by atoms with van der Waals surface area (Å²) < 4.78 is 81.6. The molecule has 1 aliphatic heterocycles. The summed E-state index contributed by atoms with van der Waals surface area (Å²) >= 11 is 0. The van der Waals surface area contributed by atoms with E-state index in [0.717, 1.165) is 31.8 Å². The van der Waals surface area contributed by atoms with Crippen molar-refractivity contribution in [3.63, 3.8) is 0 Å².